The number of fused-ring (bicyclic) bond motifs is 1. The third kappa shape index (κ3) is 3.02. The third-order valence-electron chi connectivity index (χ3n) is 4.10. The number of hydrogen-bond acceptors (Lipinski definition) is 4. The molecule has 22 heavy (non-hydrogen) atoms. The van der Waals surface area contributed by atoms with Crippen molar-refractivity contribution >= 4 is 15.9 Å². The van der Waals surface area contributed by atoms with Gasteiger partial charge in [-0.25, -0.2) is 13.1 Å². The molecule has 1 N–H and O–H groups in total. The van der Waals surface area contributed by atoms with Crippen LogP contribution in [0.4, 0.5) is 0 Å². The van der Waals surface area contributed by atoms with Crippen LogP contribution < -0.4 is 4.72 Å². The predicted molar refractivity (Wildman–Crippen MR) is 81.0 cm³/mol. The second-order valence-electron chi connectivity index (χ2n) is 6.85. The molecular formula is C15H21N2O4S. The monoisotopic (exact) mass is 325 g/mol. The quantitative estimate of drug-likeness (QED) is 0.791. The second-order valence-corrected chi connectivity index (χ2v) is 8.50. The molecule has 0 atom stereocenters. The van der Waals surface area contributed by atoms with E-state index in [1.165, 1.54) is 17.2 Å². The van der Waals surface area contributed by atoms with E-state index in [2.05, 4.69) is 0 Å². The van der Waals surface area contributed by atoms with Crippen LogP contribution in [0.1, 0.15) is 50.9 Å². The normalized spacial score (nSPS) is 24.1. The number of nitrogens with zero attached hydrogens (tertiary/aromatic N) is 1. The van der Waals surface area contributed by atoms with E-state index in [-0.39, 0.29) is 21.5 Å². The molecule has 2 aliphatic heterocycles. The molecule has 6 nitrogen and oxygen atoms in total. The molecule has 0 unspecified atom stereocenters. The van der Waals surface area contributed by atoms with Gasteiger partial charge in [0.05, 0.1) is 5.56 Å². The van der Waals surface area contributed by atoms with Crippen LogP contribution in [0.15, 0.2) is 29.2 Å². The zero-order valence-electron chi connectivity index (χ0n) is 13.2. The van der Waals surface area contributed by atoms with E-state index in [4.69, 9.17) is 0 Å². The maximum atomic E-state index is 11.5. The van der Waals surface area contributed by atoms with Gasteiger partial charge in [0, 0.05) is 11.1 Å². The van der Waals surface area contributed by atoms with Crippen molar-refractivity contribution in [3.8, 4) is 0 Å². The highest BCUT2D eigenvalue weighted by molar-refractivity contribution is 7.90. The maximum Gasteiger partial charge on any atom is 0.266 e. The summed E-state index contributed by atoms with van der Waals surface area (Å²) < 4.78 is 24.2. The number of nitrogens with one attached hydrogen (secondary N) is 1. The molecule has 121 valence electrons. The van der Waals surface area contributed by atoms with Crippen molar-refractivity contribution in [2.24, 2.45) is 0 Å². The number of amides is 1. The lowest BCUT2D eigenvalue weighted by molar-refractivity contribution is -0.244. The minimum absolute atomic E-state index is 0.0648. The average molecular weight is 325 g/mol. The molecule has 1 amide bonds. The van der Waals surface area contributed by atoms with Crippen molar-refractivity contribution in [2.75, 3.05) is 0 Å². The first-order chi connectivity index (χ1) is 9.97. The van der Waals surface area contributed by atoms with Gasteiger partial charge < -0.3 is 0 Å². The van der Waals surface area contributed by atoms with Crippen LogP contribution in [0.25, 0.3) is 0 Å². The Morgan fingerprint density at radius 1 is 1.05 bits per heavy atom. The fraction of sp³-hybridized carbons (Fsp3) is 0.533. The molecule has 7 heteroatoms. The van der Waals surface area contributed by atoms with Crippen LogP contribution in [-0.2, 0) is 15.2 Å². The van der Waals surface area contributed by atoms with Crippen molar-refractivity contribution in [3.05, 3.63) is 29.8 Å². The third-order valence-corrected chi connectivity index (χ3v) is 5.49. The number of carbonyl (C=O) groups is 1. The van der Waals surface area contributed by atoms with E-state index in [0.29, 0.717) is 0 Å². The minimum atomic E-state index is -3.55. The van der Waals surface area contributed by atoms with Gasteiger partial charge in [-0.05, 0) is 52.7 Å². The Morgan fingerprint density at radius 2 is 1.55 bits per heavy atom. The fourth-order valence-electron chi connectivity index (χ4n) is 2.75. The number of hydrogen-bond donors (Lipinski definition) is 1. The van der Waals surface area contributed by atoms with Crippen molar-refractivity contribution in [1.82, 2.24) is 9.79 Å². The summed E-state index contributed by atoms with van der Waals surface area (Å²) >= 11 is 0. The Morgan fingerprint density at radius 3 is 1.95 bits per heavy atom. The van der Waals surface area contributed by atoms with Crippen LogP contribution >= 0.6 is 0 Å². The molecule has 0 aliphatic carbocycles. The van der Waals surface area contributed by atoms with Gasteiger partial charge in [-0.2, -0.15) is 0 Å². The number of benzene rings is 1. The summed E-state index contributed by atoms with van der Waals surface area (Å²) in [7, 11) is -3.55. The second kappa shape index (κ2) is 5.33. The molecule has 1 radical (unpaired) electrons. The van der Waals surface area contributed by atoms with Crippen LogP contribution in [0.5, 0.6) is 0 Å². The first kappa shape index (κ1) is 16.9. The lowest BCUT2D eigenvalue weighted by Crippen LogP contribution is -2.44. The molecule has 2 aliphatic rings. The summed E-state index contributed by atoms with van der Waals surface area (Å²) in [4.78, 5) is 11.1. The van der Waals surface area contributed by atoms with E-state index >= 15 is 0 Å². The SMILES string of the molecule is CC1(C)CCC(C)(C)N1[O].O=C1NS(=O)(=O)c2ccccc21. The van der Waals surface area contributed by atoms with Crippen molar-refractivity contribution in [2.45, 2.75) is 56.5 Å². The van der Waals surface area contributed by atoms with Gasteiger partial charge in [-0.15, -0.1) is 10.3 Å². The minimum Gasteiger partial charge on any atom is -0.268 e. The molecule has 1 aromatic rings. The zero-order chi connectivity index (χ0) is 16.8. The topological polar surface area (TPSA) is 86.4 Å². The Balaban J connectivity index is 0.000000164. The largest absolute Gasteiger partial charge is 0.268 e. The molecule has 2 heterocycles. The summed E-state index contributed by atoms with van der Waals surface area (Å²) in [5.74, 6) is -0.550. The number of hydroxylamine groups is 2. The number of carbonyl (C=O) groups excluding carboxylic acids is 1. The predicted octanol–water partition coefficient (Wildman–Crippen LogP) is 2.10. The summed E-state index contributed by atoms with van der Waals surface area (Å²) in [6.45, 7) is 8.03. The molecule has 1 fully saturated rings. The van der Waals surface area contributed by atoms with Crippen molar-refractivity contribution in [1.29, 1.82) is 0 Å². The van der Waals surface area contributed by atoms with Gasteiger partial charge in [0.1, 0.15) is 4.90 Å². The molecule has 0 spiro atoms. The molecule has 0 saturated carbocycles. The highest BCUT2D eigenvalue weighted by Gasteiger charge is 2.45. The Labute approximate surface area is 131 Å². The van der Waals surface area contributed by atoms with Gasteiger partial charge in [0.25, 0.3) is 15.9 Å². The average Bonchev–Trinajstić information content (AvgIpc) is 2.77. The van der Waals surface area contributed by atoms with Crippen LogP contribution in [0.2, 0.25) is 0 Å². The standard InChI is InChI=1S/C8H16NO.C7H5NO3S/c1-7(2)5-6-8(3,4)9(7)10;9-7-5-3-1-2-4-6(5)12(10,11)8-7/h5-6H2,1-4H3;1-4H,(H,8,9). The molecule has 0 aromatic heterocycles. The molecule has 3 rings (SSSR count). The highest BCUT2D eigenvalue weighted by atomic mass is 32.2. The van der Waals surface area contributed by atoms with Gasteiger partial charge in [-0.1, -0.05) is 12.1 Å². The molecule has 1 saturated heterocycles. The lowest BCUT2D eigenvalue weighted by atomic mass is 10.0. The fourth-order valence-corrected chi connectivity index (χ4v) is 3.93. The summed E-state index contributed by atoms with van der Waals surface area (Å²) in [6.07, 6.45) is 2.03. The number of rotatable bonds is 0. The summed E-state index contributed by atoms with van der Waals surface area (Å²) in [6, 6.07) is 6.09. The smallest absolute Gasteiger partial charge is 0.266 e. The van der Waals surface area contributed by atoms with Gasteiger partial charge in [0.15, 0.2) is 0 Å². The Kier molecular flexibility index (Phi) is 4.10. The molecular weight excluding hydrogens is 304 g/mol. The van der Waals surface area contributed by atoms with E-state index in [1.54, 1.807) is 12.1 Å². The maximum absolute atomic E-state index is 11.5. The van der Waals surface area contributed by atoms with Crippen LogP contribution in [0, 0.1) is 0 Å². The van der Waals surface area contributed by atoms with Crippen molar-refractivity contribution in [3.63, 3.8) is 0 Å². The summed E-state index contributed by atoms with van der Waals surface area (Å²) in [5.41, 5.74) is -0.0509. The van der Waals surface area contributed by atoms with Gasteiger partial charge >= 0.3 is 0 Å². The summed E-state index contributed by atoms with van der Waals surface area (Å²) in [5, 5.41) is 12.7. The first-order valence-electron chi connectivity index (χ1n) is 7.11. The Bertz CT molecular complexity index is 679. The van der Waals surface area contributed by atoms with Gasteiger partial charge in [0.2, 0.25) is 0 Å². The molecule has 1 aromatic carbocycles. The van der Waals surface area contributed by atoms with Crippen molar-refractivity contribution < 1.29 is 18.4 Å². The van der Waals surface area contributed by atoms with E-state index in [1.807, 2.05) is 32.4 Å². The van der Waals surface area contributed by atoms with E-state index < -0.39 is 15.9 Å². The lowest BCUT2D eigenvalue weighted by Gasteiger charge is -2.31. The van der Waals surface area contributed by atoms with Crippen LogP contribution in [0.3, 0.4) is 0 Å². The zero-order valence-corrected chi connectivity index (χ0v) is 14.0. The Hall–Kier alpha value is -1.44. The first-order valence-corrected chi connectivity index (χ1v) is 8.59. The number of sulfonamides is 1. The highest BCUT2D eigenvalue weighted by Crippen LogP contribution is 2.38. The van der Waals surface area contributed by atoms with Gasteiger partial charge in [-0.3, -0.25) is 4.79 Å². The molecule has 0 bridgehead atoms. The van der Waals surface area contributed by atoms with E-state index in [9.17, 15) is 18.4 Å². The van der Waals surface area contributed by atoms with Crippen LogP contribution in [-0.4, -0.2) is 30.5 Å². The van der Waals surface area contributed by atoms with E-state index in [0.717, 1.165) is 12.8 Å².